The fourth-order valence-electron chi connectivity index (χ4n) is 4.50. The summed E-state index contributed by atoms with van der Waals surface area (Å²) in [6.07, 6.45) is 4.20. The van der Waals surface area contributed by atoms with Crippen LogP contribution in [0.4, 0.5) is 0 Å². The average Bonchev–Trinajstić information content (AvgIpc) is 3.01. The maximum Gasteiger partial charge on any atom is 0.0635 e. The zero-order valence-electron chi connectivity index (χ0n) is 36.3. The van der Waals surface area contributed by atoms with E-state index in [-0.39, 0.29) is 79.6 Å². The van der Waals surface area contributed by atoms with Gasteiger partial charge in [-0.3, -0.25) is 0 Å². The highest BCUT2D eigenvalue weighted by molar-refractivity contribution is 4.78. The molecule has 0 aliphatic heterocycles. The van der Waals surface area contributed by atoms with Gasteiger partial charge in [0, 0.05) is 29.8 Å². The van der Waals surface area contributed by atoms with Gasteiger partial charge in [-0.2, -0.15) is 0 Å². The molecule has 0 fully saturated rings. The second kappa shape index (κ2) is 37.4. The molecule has 0 spiro atoms. The van der Waals surface area contributed by atoms with Crippen molar-refractivity contribution >= 4 is 0 Å². The standard InChI is InChI=1S/2C8H18O2.C7H16O2.2C6H14O2.C5H12O2/c1-6(2)7(10)8(3,4)5-9;1-3-5-8(10)7(4-2)6-9;1-3-7(4-2,5-8)6-9;1-5(7)4-6(2,3)8;1-5(7)3-4-6(2)8;1-4(6)3-5(2)7/h6-7,9-10H,5H2,1-4H3;7-10H,3-6H2,1-2H3;8-9H,3-6H2,1-2H3;5,7-8H,4H2,1-3H3;5-8H,3-4H2,1-2H3;4-7H,3H2,1-2H3. The largest absolute Gasteiger partial charge is 0.396 e. The van der Waals surface area contributed by atoms with Crippen LogP contribution >= 0.6 is 0 Å². The summed E-state index contributed by atoms with van der Waals surface area (Å²) in [6.45, 7) is 27.7. The van der Waals surface area contributed by atoms with E-state index in [9.17, 15) is 10.2 Å². The average molecular weight is 765 g/mol. The molecule has 12 N–H and O–H groups in total. The van der Waals surface area contributed by atoms with Gasteiger partial charge in [-0.1, -0.05) is 61.8 Å². The first kappa shape index (κ1) is 63.5. The van der Waals surface area contributed by atoms with Crippen LogP contribution in [0.1, 0.15) is 162 Å². The topological polar surface area (TPSA) is 243 Å². The molecule has 12 nitrogen and oxygen atoms in total. The van der Waals surface area contributed by atoms with Gasteiger partial charge >= 0.3 is 0 Å². The van der Waals surface area contributed by atoms with E-state index >= 15 is 0 Å². The molecule has 8 atom stereocenters. The second-order valence-corrected chi connectivity index (χ2v) is 16.1. The van der Waals surface area contributed by atoms with E-state index in [0.29, 0.717) is 25.7 Å². The quantitative estimate of drug-likeness (QED) is 0.0888. The predicted molar refractivity (Wildman–Crippen MR) is 214 cm³/mol. The van der Waals surface area contributed by atoms with Gasteiger partial charge in [0.1, 0.15) is 0 Å². The molecular formula is C40H92O12. The van der Waals surface area contributed by atoms with Crippen molar-refractivity contribution in [2.24, 2.45) is 22.7 Å². The fraction of sp³-hybridized carbons (Fsp3) is 1.00. The van der Waals surface area contributed by atoms with Crippen molar-refractivity contribution in [3.05, 3.63) is 0 Å². The van der Waals surface area contributed by atoms with Crippen LogP contribution in [0.25, 0.3) is 0 Å². The number of aliphatic hydroxyl groups is 12. The monoisotopic (exact) mass is 765 g/mol. The maximum absolute atomic E-state index is 9.49. The van der Waals surface area contributed by atoms with Gasteiger partial charge in [-0.05, 0) is 99.3 Å². The molecular weight excluding hydrogens is 672 g/mol. The van der Waals surface area contributed by atoms with Gasteiger partial charge < -0.3 is 61.3 Å². The molecule has 12 heteroatoms. The Morgan fingerprint density at radius 1 is 0.519 bits per heavy atom. The highest BCUT2D eigenvalue weighted by Crippen LogP contribution is 2.25. The van der Waals surface area contributed by atoms with Crippen molar-refractivity contribution in [3.63, 3.8) is 0 Å². The zero-order valence-corrected chi connectivity index (χ0v) is 36.3. The maximum atomic E-state index is 9.49. The Bertz CT molecular complexity index is 653. The first-order chi connectivity index (χ1) is 23.6. The summed E-state index contributed by atoms with van der Waals surface area (Å²) in [4.78, 5) is 0. The van der Waals surface area contributed by atoms with Crippen LogP contribution < -0.4 is 0 Å². The van der Waals surface area contributed by atoms with Crippen molar-refractivity contribution in [1.82, 2.24) is 0 Å². The molecule has 0 saturated carbocycles. The Kier molecular flexibility index (Phi) is 45.7. The Hall–Kier alpha value is -0.480. The number of aliphatic hydroxyl groups excluding tert-OH is 11. The summed E-state index contributed by atoms with van der Waals surface area (Å²) < 4.78 is 0. The molecule has 0 aliphatic rings. The summed E-state index contributed by atoms with van der Waals surface area (Å²) in [5.74, 6) is 0.294. The van der Waals surface area contributed by atoms with Gasteiger partial charge in [-0.25, -0.2) is 0 Å². The van der Waals surface area contributed by atoms with Crippen LogP contribution in [-0.4, -0.2) is 136 Å². The number of rotatable bonds is 19. The first-order valence-electron chi connectivity index (χ1n) is 19.5. The lowest BCUT2D eigenvalue weighted by molar-refractivity contribution is -0.0204. The summed E-state index contributed by atoms with van der Waals surface area (Å²) >= 11 is 0. The third-order valence-electron chi connectivity index (χ3n) is 8.38. The van der Waals surface area contributed by atoms with E-state index in [1.165, 1.54) is 0 Å². The van der Waals surface area contributed by atoms with Gasteiger partial charge in [0.05, 0.1) is 68.1 Å². The molecule has 0 aliphatic carbocycles. The molecule has 0 bridgehead atoms. The van der Waals surface area contributed by atoms with Gasteiger partial charge in [0.2, 0.25) is 0 Å². The molecule has 0 rings (SSSR count). The lowest BCUT2D eigenvalue weighted by Gasteiger charge is -2.30. The van der Waals surface area contributed by atoms with Crippen LogP contribution in [0.3, 0.4) is 0 Å². The Morgan fingerprint density at radius 3 is 1.00 bits per heavy atom. The third kappa shape index (κ3) is 47.5. The van der Waals surface area contributed by atoms with Crippen LogP contribution in [0.15, 0.2) is 0 Å². The van der Waals surface area contributed by atoms with Crippen molar-refractivity contribution in [2.45, 2.75) is 210 Å². The molecule has 0 amide bonds. The van der Waals surface area contributed by atoms with Gasteiger partial charge in [-0.15, -0.1) is 0 Å². The molecule has 0 heterocycles. The SMILES string of the molecule is CC(C)C(O)C(C)(C)CO.CC(O)CC(C)(C)O.CC(O)CC(C)O.CC(O)CCC(C)O.CCC(CC)(CO)CO.CCCC(O)C(CC)CO. The molecule has 0 radical (unpaired) electrons. The smallest absolute Gasteiger partial charge is 0.0635 e. The van der Waals surface area contributed by atoms with Crippen molar-refractivity contribution < 1.29 is 61.3 Å². The highest BCUT2D eigenvalue weighted by atomic mass is 16.3. The van der Waals surface area contributed by atoms with Crippen LogP contribution in [0.2, 0.25) is 0 Å². The Morgan fingerprint density at radius 2 is 0.904 bits per heavy atom. The molecule has 8 unspecified atom stereocenters. The summed E-state index contributed by atoms with van der Waals surface area (Å²) in [5.41, 5.74) is -1.32. The van der Waals surface area contributed by atoms with E-state index in [4.69, 9.17) is 51.1 Å². The number of hydrogen-bond donors (Lipinski definition) is 12. The van der Waals surface area contributed by atoms with E-state index in [2.05, 4.69) is 0 Å². The minimum absolute atomic E-state index is 0.0341. The minimum Gasteiger partial charge on any atom is -0.396 e. The molecule has 0 saturated heterocycles. The summed E-state index contributed by atoms with van der Waals surface area (Å²) in [6, 6.07) is 0. The molecule has 0 aromatic heterocycles. The molecule has 0 aromatic rings. The van der Waals surface area contributed by atoms with Crippen LogP contribution in [0, 0.1) is 22.7 Å². The summed E-state index contributed by atoms with van der Waals surface area (Å²) in [5, 5.41) is 106. The second-order valence-electron chi connectivity index (χ2n) is 16.1. The molecule has 324 valence electrons. The normalized spacial score (nSPS) is 16.2. The lowest BCUT2D eigenvalue weighted by Crippen LogP contribution is -2.36. The molecule has 52 heavy (non-hydrogen) atoms. The van der Waals surface area contributed by atoms with E-state index in [1.807, 2.05) is 55.4 Å². The van der Waals surface area contributed by atoms with E-state index in [0.717, 1.165) is 32.1 Å². The third-order valence-corrected chi connectivity index (χ3v) is 8.38. The van der Waals surface area contributed by atoms with Gasteiger partial charge in [0.25, 0.3) is 0 Å². The Labute approximate surface area is 320 Å². The van der Waals surface area contributed by atoms with E-state index in [1.54, 1.807) is 48.5 Å². The van der Waals surface area contributed by atoms with E-state index < -0.39 is 17.8 Å². The predicted octanol–water partition coefficient (Wildman–Crippen LogP) is 4.16. The lowest BCUT2D eigenvalue weighted by atomic mass is 9.82. The highest BCUT2D eigenvalue weighted by Gasteiger charge is 2.29. The van der Waals surface area contributed by atoms with Crippen molar-refractivity contribution in [1.29, 1.82) is 0 Å². The van der Waals surface area contributed by atoms with Crippen molar-refractivity contribution in [2.75, 3.05) is 26.4 Å². The van der Waals surface area contributed by atoms with Crippen molar-refractivity contribution in [3.8, 4) is 0 Å². The minimum atomic E-state index is -0.728. The van der Waals surface area contributed by atoms with Gasteiger partial charge in [0.15, 0.2) is 0 Å². The Balaban J connectivity index is -0.000000123. The zero-order chi connectivity index (χ0) is 42.9. The number of hydrogen-bond acceptors (Lipinski definition) is 12. The van der Waals surface area contributed by atoms with Crippen LogP contribution in [0.5, 0.6) is 0 Å². The van der Waals surface area contributed by atoms with Crippen LogP contribution in [-0.2, 0) is 0 Å². The molecule has 0 aromatic carbocycles. The fourth-order valence-corrected chi connectivity index (χ4v) is 4.50. The first-order valence-corrected chi connectivity index (χ1v) is 19.5. The summed E-state index contributed by atoms with van der Waals surface area (Å²) in [7, 11) is 0.